The van der Waals surface area contributed by atoms with Crippen LogP contribution < -0.4 is 10.5 Å². The minimum Gasteiger partial charge on any atom is -0.484 e. The zero-order chi connectivity index (χ0) is 16.4. The van der Waals surface area contributed by atoms with Crippen LogP contribution >= 0.6 is 11.6 Å². The van der Waals surface area contributed by atoms with Crippen molar-refractivity contribution in [1.82, 2.24) is 19.9 Å². The molecule has 0 aliphatic rings. The number of hydrogen-bond acceptors (Lipinski definition) is 6. The standard InChI is InChI=1S/C15H16ClN5O2/c1-9-10(7-18-21(9)2)14(17)15-19-13(20-23-15)8-22-12-6-4-3-5-11(12)16/h3-7,14H,8,17H2,1-2H3. The summed E-state index contributed by atoms with van der Waals surface area (Å²) in [5, 5.41) is 8.57. The summed E-state index contributed by atoms with van der Waals surface area (Å²) in [4.78, 5) is 4.27. The fourth-order valence-electron chi connectivity index (χ4n) is 2.11. The second-order valence-electron chi connectivity index (χ2n) is 5.05. The molecule has 0 spiro atoms. The highest BCUT2D eigenvalue weighted by atomic mass is 35.5. The zero-order valence-electron chi connectivity index (χ0n) is 12.7. The summed E-state index contributed by atoms with van der Waals surface area (Å²) < 4.78 is 12.5. The van der Waals surface area contributed by atoms with Gasteiger partial charge in [0.15, 0.2) is 6.61 Å². The number of ether oxygens (including phenoxy) is 1. The first-order valence-corrected chi connectivity index (χ1v) is 7.38. The van der Waals surface area contributed by atoms with Gasteiger partial charge in [-0.15, -0.1) is 0 Å². The minimum absolute atomic E-state index is 0.145. The fourth-order valence-corrected chi connectivity index (χ4v) is 2.30. The van der Waals surface area contributed by atoms with Crippen molar-refractivity contribution in [2.75, 3.05) is 0 Å². The van der Waals surface area contributed by atoms with Gasteiger partial charge in [-0.05, 0) is 19.1 Å². The summed E-state index contributed by atoms with van der Waals surface area (Å²) in [6.45, 7) is 2.08. The van der Waals surface area contributed by atoms with E-state index in [4.69, 9.17) is 26.6 Å². The molecular weight excluding hydrogens is 318 g/mol. The Hall–Kier alpha value is -2.38. The number of hydrogen-bond donors (Lipinski definition) is 1. The van der Waals surface area contributed by atoms with E-state index in [-0.39, 0.29) is 6.61 Å². The van der Waals surface area contributed by atoms with Crippen LogP contribution in [0.25, 0.3) is 0 Å². The van der Waals surface area contributed by atoms with Crippen molar-refractivity contribution in [3.8, 4) is 5.75 Å². The van der Waals surface area contributed by atoms with Gasteiger partial charge in [-0.3, -0.25) is 4.68 Å². The van der Waals surface area contributed by atoms with Gasteiger partial charge in [0.1, 0.15) is 11.8 Å². The monoisotopic (exact) mass is 333 g/mol. The van der Waals surface area contributed by atoms with Crippen molar-refractivity contribution in [1.29, 1.82) is 0 Å². The van der Waals surface area contributed by atoms with E-state index in [1.807, 2.05) is 26.1 Å². The summed E-state index contributed by atoms with van der Waals surface area (Å²) >= 11 is 6.03. The smallest absolute Gasteiger partial charge is 0.248 e. The van der Waals surface area contributed by atoms with E-state index in [1.54, 1.807) is 23.0 Å². The number of halogens is 1. The molecule has 120 valence electrons. The summed E-state index contributed by atoms with van der Waals surface area (Å²) in [7, 11) is 1.85. The molecule has 8 heteroatoms. The van der Waals surface area contributed by atoms with E-state index in [0.717, 1.165) is 11.3 Å². The Balaban J connectivity index is 1.71. The van der Waals surface area contributed by atoms with Crippen LogP contribution in [0.3, 0.4) is 0 Å². The molecular formula is C15H16ClN5O2. The molecule has 23 heavy (non-hydrogen) atoms. The van der Waals surface area contributed by atoms with Gasteiger partial charge in [0, 0.05) is 18.3 Å². The molecule has 7 nitrogen and oxygen atoms in total. The quantitative estimate of drug-likeness (QED) is 0.770. The van der Waals surface area contributed by atoms with E-state index in [9.17, 15) is 0 Å². The molecule has 3 rings (SSSR count). The predicted octanol–water partition coefficient (Wildman–Crippen LogP) is 2.39. The third-order valence-electron chi connectivity index (χ3n) is 3.55. The largest absolute Gasteiger partial charge is 0.484 e. The Morgan fingerprint density at radius 2 is 2.17 bits per heavy atom. The maximum atomic E-state index is 6.16. The normalized spacial score (nSPS) is 12.3. The number of para-hydroxylation sites is 1. The maximum Gasteiger partial charge on any atom is 0.248 e. The van der Waals surface area contributed by atoms with Crippen molar-refractivity contribution in [2.45, 2.75) is 19.6 Å². The number of nitrogens with zero attached hydrogens (tertiary/aromatic N) is 4. The highest BCUT2D eigenvalue weighted by Crippen LogP contribution is 2.24. The third-order valence-corrected chi connectivity index (χ3v) is 3.86. The van der Waals surface area contributed by atoms with Crippen LogP contribution in [-0.2, 0) is 13.7 Å². The molecule has 0 saturated carbocycles. The summed E-state index contributed by atoms with van der Waals surface area (Å²) in [5.74, 6) is 1.28. The van der Waals surface area contributed by atoms with Crippen molar-refractivity contribution in [2.24, 2.45) is 12.8 Å². The molecule has 1 unspecified atom stereocenters. The highest BCUT2D eigenvalue weighted by Gasteiger charge is 2.21. The van der Waals surface area contributed by atoms with Crippen molar-refractivity contribution in [3.05, 3.63) is 58.5 Å². The summed E-state index contributed by atoms with van der Waals surface area (Å²) in [6.07, 6.45) is 1.70. The number of aromatic nitrogens is 4. The Kier molecular flexibility index (Phi) is 4.31. The summed E-state index contributed by atoms with van der Waals surface area (Å²) in [5.41, 5.74) is 7.95. The van der Waals surface area contributed by atoms with Crippen LogP contribution in [0, 0.1) is 6.92 Å². The van der Waals surface area contributed by atoms with Crippen LogP contribution in [-0.4, -0.2) is 19.9 Å². The molecule has 1 aromatic carbocycles. The van der Waals surface area contributed by atoms with Crippen molar-refractivity contribution >= 4 is 11.6 Å². The molecule has 3 aromatic rings. The molecule has 0 bridgehead atoms. The predicted molar refractivity (Wildman–Crippen MR) is 84.1 cm³/mol. The molecule has 0 radical (unpaired) electrons. The molecule has 0 saturated heterocycles. The molecule has 0 fully saturated rings. The van der Waals surface area contributed by atoms with Gasteiger partial charge in [-0.1, -0.05) is 28.9 Å². The first-order chi connectivity index (χ1) is 11.1. The van der Waals surface area contributed by atoms with Crippen molar-refractivity contribution in [3.63, 3.8) is 0 Å². The molecule has 2 N–H and O–H groups in total. The third kappa shape index (κ3) is 3.20. The second-order valence-corrected chi connectivity index (χ2v) is 5.46. The lowest BCUT2D eigenvalue weighted by Gasteiger charge is -2.06. The molecule has 1 atom stereocenters. The van der Waals surface area contributed by atoms with Gasteiger partial charge < -0.3 is 15.0 Å². The lowest BCUT2D eigenvalue weighted by Crippen LogP contribution is -2.13. The molecule has 2 aromatic heterocycles. The van der Waals surface area contributed by atoms with Crippen LogP contribution in [0.4, 0.5) is 0 Å². The minimum atomic E-state index is -0.523. The first-order valence-electron chi connectivity index (χ1n) is 7.00. The lowest BCUT2D eigenvalue weighted by molar-refractivity contribution is 0.284. The average Bonchev–Trinajstić information content (AvgIpc) is 3.14. The Bertz CT molecular complexity index is 814. The van der Waals surface area contributed by atoms with Gasteiger partial charge >= 0.3 is 0 Å². The number of benzene rings is 1. The zero-order valence-corrected chi connectivity index (χ0v) is 13.5. The SMILES string of the molecule is Cc1c(C(N)c2nc(COc3ccccc3Cl)no2)cnn1C. The van der Waals surface area contributed by atoms with Crippen LogP contribution in [0.2, 0.25) is 5.02 Å². The lowest BCUT2D eigenvalue weighted by atomic mass is 10.1. The maximum absolute atomic E-state index is 6.16. The van der Waals surface area contributed by atoms with Crippen LogP contribution in [0.1, 0.15) is 29.0 Å². The molecule has 2 heterocycles. The molecule has 0 aliphatic heterocycles. The molecule has 0 aliphatic carbocycles. The van der Waals surface area contributed by atoms with Gasteiger partial charge in [0.25, 0.3) is 0 Å². The first kappa shape index (κ1) is 15.5. The van der Waals surface area contributed by atoms with E-state index in [2.05, 4.69) is 15.2 Å². The molecule has 0 amide bonds. The number of aryl methyl sites for hydroxylation is 1. The van der Waals surface area contributed by atoms with E-state index < -0.39 is 6.04 Å². The summed E-state index contributed by atoms with van der Waals surface area (Å²) in [6, 6.07) is 6.67. The highest BCUT2D eigenvalue weighted by molar-refractivity contribution is 6.32. The van der Waals surface area contributed by atoms with Gasteiger partial charge in [0.2, 0.25) is 11.7 Å². The fraction of sp³-hybridized carbons (Fsp3) is 0.267. The Morgan fingerprint density at radius 3 is 2.87 bits per heavy atom. The van der Waals surface area contributed by atoms with Crippen LogP contribution in [0.5, 0.6) is 5.75 Å². The Morgan fingerprint density at radius 1 is 1.39 bits per heavy atom. The van der Waals surface area contributed by atoms with Gasteiger partial charge in [-0.25, -0.2) is 0 Å². The van der Waals surface area contributed by atoms with Crippen LogP contribution in [0.15, 0.2) is 35.0 Å². The van der Waals surface area contributed by atoms with Gasteiger partial charge in [0.05, 0.1) is 11.2 Å². The van der Waals surface area contributed by atoms with E-state index >= 15 is 0 Å². The topological polar surface area (TPSA) is 92.0 Å². The number of rotatable bonds is 5. The Labute approximate surface area is 138 Å². The van der Waals surface area contributed by atoms with Gasteiger partial charge in [-0.2, -0.15) is 10.1 Å². The van der Waals surface area contributed by atoms with E-state index in [0.29, 0.717) is 22.5 Å². The average molecular weight is 334 g/mol. The van der Waals surface area contributed by atoms with E-state index in [1.165, 1.54) is 0 Å². The number of nitrogens with two attached hydrogens (primary N) is 1. The van der Waals surface area contributed by atoms with Crippen molar-refractivity contribution < 1.29 is 9.26 Å². The second kappa shape index (κ2) is 6.39.